The van der Waals surface area contributed by atoms with Gasteiger partial charge in [0, 0.05) is 5.56 Å². The van der Waals surface area contributed by atoms with E-state index in [2.05, 4.69) is 5.32 Å². The fourth-order valence-corrected chi connectivity index (χ4v) is 4.05. The molecule has 0 fully saturated rings. The molecular formula is C17H17ClN2O4S. The van der Waals surface area contributed by atoms with Crippen molar-refractivity contribution in [1.82, 2.24) is 5.32 Å². The van der Waals surface area contributed by atoms with E-state index >= 15 is 0 Å². The Labute approximate surface area is 151 Å². The molecule has 0 saturated heterocycles. The molecule has 0 aliphatic heterocycles. The summed E-state index contributed by atoms with van der Waals surface area (Å²) >= 11 is 6.35. The van der Waals surface area contributed by atoms with Crippen molar-refractivity contribution in [2.75, 3.05) is 6.26 Å². The second-order valence-electron chi connectivity index (χ2n) is 6.06. The molecule has 2 aromatic rings. The minimum atomic E-state index is -3.91. The molecule has 2 aliphatic rings. The summed E-state index contributed by atoms with van der Waals surface area (Å²) in [5.41, 5.74) is 6.85. The van der Waals surface area contributed by atoms with Crippen molar-refractivity contribution in [3.63, 3.8) is 0 Å². The average molecular weight is 381 g/mol. The third-order valence-corrected chi connectivity index (χ3v) is 5.16. The lowest BCUT2D eigenvalue weighted by Gasteiger charge is -2.39. The minimum Gasteiger partial charge on any atom is -0.366 e. The van der Waals surface area contributed by atoms with Crippen molar-refractivity contribution in [3.05, 3.63) is 58.6 Å². The number of amides is 1. The van der Waals surface area contributed by atoms with Crippen LogP contribution < -0.4 is 11.1 Å². The van der Waals surface area contributed by atoms with Crippen LogP contribution >= 0.6 is 11.6 Å². The Bertz CT molecular complexity index is 947. The Morgan fingerprint density at radius 3 is 2.40 bits per heavy atom. The predicted octanol–water partition coefficient (Wildman–Crippen LogP) is 2.18. The highest BCUT2D eigenvalue weighted by Crippen LogP contribution is 2.49. The Morgan fingerprint density at radius 2 is 1.88 bits per heavy atom. The van der Waals surface area contributed by atoms with E-state index in [9.17, 15) is 13.2 Å². The maximum Gasteiger partial charge on any atom is 0.266 e. The number of primary amides is 1. The molecule has 2 aromatic carbocycles. The molecule has 8 heteroatoms. The van der Waals surface area contributed by atoms with Gasteiger partial charge in [-0.05, 0) is 23.6 Å². The van der Waals surface area contributed by atoms with E-state index in [0.717, 1.165) is 28.5 Å². The van der Waals surface area contributed by atoms with Crippen molar-refractivity contribution in [1.29, 1.82) is 0 Å². The van der Waals surface area contributed by atoms with Crippen molar-refractivity contribution < 1.29 is 17.4 Å². The molecule has 0 saturated carbocycles. The second kappa shape index (κ2) is 6.10. The first-order valence-corrected chi connectivity index (χ1v) is 9.68. The van der Waals surface area contributed by atoms with Crippen LogP contribution in [0.2, 0.25) is 5.02 Å². The summed E-state index contributed by atoms with van der Waals surface area (Å²) in [6.07, 6.45) is 0.859. The number of halogens is 1. The van der Waals surface area contributed by atoms with Crippen LogP contribution in [-0.2, 0) is 19.1 Å². The molecule has 6 nitrogen and oxygen atoms in total. The summed E-state index contributed by atoms with van der Waals surface area (Å²) < 4.78 is 27.9. The molecule has 132 valence electrons. The number of benzene rings is 2. The van der Waals surface area contributed by atoms with Gasteiger partial charge in [-0.15, -0.1) is 0 Å². The van der Waals surface area contributed by atoms with Crippen LogP contribution in [0.5, 0.6) is 0 Å². The number of hydrogen-bond acceptors (Lipinski definition) is 5. The Morgan fingerprint density at radius 1 is 1.24 bits per heavy atom. The summed E-state index contributed by atoms with van der Waals surface area (Å²) in [6, 6.07) is 12.9. The molecule has 4 rings (SSSR count). The normalized spacial score (nSPS) is 18.3. The summed E-state index contributed by atoms with van der Waals surface area (Å²) in [4.78, 5) is 11.8. The van der Waals surface area contributed by atoms with Crippen LogP contribution in [0.4, 0.5) is 0 Å². The zero-order valence-electron chi connectivity index (χ0n) is 13.6. The van der Waals surface area contributed by atoms with E-state index in [1.54, 1.807) is 0 Å². The van der Waals surface area contributed by atoms with E-state index in [4.69, 9.17) is 21.5 Å². The van der Waals surface area contributed by atoms with Crippen molar-refractivity contribution in [2.24, 2.45) is 5.73 Å². The standard InChI is InChI=1S/C17H17ClN2O4S/c1-17(16(19)21,24-25(2,22)23)20-15-12-9-8-11(13(15)14(12)18)10-6-4-3-5-7-10/h3-9,15,20H,1-2H3,(H2,19,21)/t15-,17-/m0/s1. The van der Waals surface area contributed by atoms with Crippen molar-refractivity contribution >= 4 is 27.6 Å². The van der Waals surface area contributed by atoms with Crippen LogP contribution in [0.15, 0.2) is 42.5 Å². The number of nitrogens with two attached hydrogens (primary N) is 1. The summed E-state index contributed by atoms with van der Waals surface area (Å²) in [5, 5.41) is 3.46. The Balaban J connectivity index is 1.97. The zero-order chi connectivity index (χ0) is 18.4. The van der Waals surface area contributed by atoms with E-state index in [1.807, 2.05) is 42.5 Å². The van der Waals surface area contributed by atoms with Gasteiger partial charge < -0.3 is 5.73 Å². The molecule has 0 radical (unpaired) electrons. The van der Waals surface area contributed by atoms with Crippen LogP contribution in [0, 0.1) is 0 Å². The lowest BCUT2D eigenvalue weighted by Crippen LogP contribution is -2.58. The topological polar surface area (TPSA) is 98.5 Å². The van der Waals surface area contributed by atoms with Gasteiger partial charge in [0.2, 0.25) is 5.72 Å². The first kappa shape index (κ1) is 17.9. The highest BCUT2D eigenvalue weighted by atomic mass is 35.5. The zero-order valence-corrected chi connectivity index (χ0v) is 15.2. The van der Waals surface area contributed by atoms with Gasteiger partial charge in [0.15, 0.2) is 0 Å². The van der Waals surface area contributed by atoms with E-state index in [1.165, 1.54) is 6.92 Å². The fourth-order valence-electron chi connectivity index (χ4n) is 2.93. The van der Waals surface area contributed by atoms with E-state index in [-0.39, 0.29) is 0 Å². The molecule has 0 heterocycles. The molecule has 3 N–H and O–H groups in total. The third-order valence-electron chi connectivity index (χ3n) is 4.10. The van der Waals surface area contributed by atoms with Gasteiger partial charge in [-0.25, -0.2) is 4.18 Å². The van der Waals surface area contributed by atoms with Crippen molar-refractivity contribution in [3.8, 4) is 11.1 Å². The molecule has 2 aliphatic carbocycles. The van der Waals surface area contributed by atoms with Gasteiger partial charge >= 0.3 is 0 Å². The van der Waals surface area contributed by atoms with E-state index in [0.29, 0.717) is 5.02 Å². The van der Waals surface area contributed by atoms with Crippen molar-refractivity contribution in [2.45, 2.75) is 18.7 Å². The molecule has 2 bridgehead atoms. The number of nitrogens with one attached hydrogen (secondary N) is 1. The van der Waals surface area contributed by atoms with Gasteiger partial charge in [0.25, 0.3) is 16.0 Å². The van der Waals surface area contributed by atoms with Crippen LogP contribution in [0.1, 0.15) is 24.1 Å². The van der Waals surface area contributed by atoms with Crippen LogP contribution in [-0.4, -0.2) is 26.3 Å². The maximum absolute atomic E-state index is 11.8. The molecule has 0 aromatic heterocycles. The average Bonchev–Trinajstić information content (AvgIpc) is 2.54. The summed E-state index contributed by atoms with van der Waals surface area (Å²) in [6.45, 7) is 1.28. The second-order valence-corrected chi connectivity index (χ2v) is 8.01. The van der Waals surface area contributed by atoms with Crippen LogP contribution in [0.25, 0.3) is 11.1 Å². The molecule has 0 unspecified atom stereocenters. The number of hydrogen-bond donors (Lipinski definition) is 2. The summed E-state index contributed by atoms with van der Waals surface area (Å²) in [5.74, 6) is -0.939. The maximum atomic E-state index is 11.8. The largest absolute Gasteiger partial charge is 0.366 e. The smallest absolute Gasteiger partial charge is 0.266 e. The number of fused-ring (bicyclic) bond motifs is 2. The molecule has 0 spiro atoms. The highest BCUT2D eigenvalue weighted by molar-refractivity contribution is 7.86. The molecule has 25 heavy (non-hydrogen) atoms. The Hall–Kier alpha value is -1.93. The lowest BCUT2D eigenvalue weighted by atomic mass is 9.80. The third kappa shape index (κ3) is 3.28. The SMILES string of the molecule is C[C@](N[C@H]1c2ccc(-c3ccccc3)c1c2Cl)(OS(C)(=O)=O)C(N)=O. The van der Waals surface area contributed by atoms with Gasteiger partial charge in [-0.2, -0.15) is 8.42 Å². The Kier molecular flexibility index (Phi) is 4.36. The highest BCUT2D eigenvalue weighted by Gasteiger charge is 2.43. The predicted molar refractivity (Wildman–Crippen MR) is 95.4 cm³/mol. The first-order chi connectivity index (χ1) is 11.6. The number of carbonyl (C=O) groups excluding carboxylic acids is 1. The van der Waals surface area contributed by atoms with Gasteiger partial charge in [0.1, 0.15) is 0 Å². The number of rotatable bonds is 6. The molecule has 1 amide bonds. The quantitative estimate of drug-likeness (QED) is 0.591. The van der Waals surface area contributed by atoms with Gasteiger partial charge in [0.05, 0.1) is 17.3 Å². The van der Waals surface area contributed by atoms with Crippen LogP contribution in [0.3, 0.4) is 0 Å². The van der Waals surface area contributed by atoms with Gasteiger partial charge in [-0.1, -0.05) is 54.1 Å². The summed E-state index contributed by atoms with van der Waals surface area (Å²) in [7, 11) is -3.91. The molecular weight excluding hydrogens is 364 g/mol. The fraction of sp³-hybridized carbons (Fsp3) is 0.235. The van der Waals surface area contributed by atoms with Gasteiger partial charge in [-0.3, -0.25) is 10.1 Å². The van der Waals surface area contributed by atoms with E-state index < -0.39 is 27.8 Å². The molecule has 2 atom stereocenters. The monoisotopic (exact) mass is 380 g/mol. The number of carbonyl (C=O) groups is 1. The minimum absolute atomic E-state index is 0.452. The lowest BCUT2D eigenvalue weighted by molar-refractivity contribution is -0.135. The first-order valence-electron chi connectivity index (χ1n) is 7.48.